The molecule has 1 aromatic rings. The highest BCUT2D eigenvalue weighted by Gasteiger charge is 2.25. The van der Waals surface area contributed by atoms with Gasteiger partial charge in [0.25, 0.3) is 0 Å². The topological polar surface area (TPSA) is 31.4 Å². The van der Waals surface area contributed by atoms with Gasteiger partial charge in [-0.2, -0.15) is 0 Å². The minimum absolute atomic E-state index is 0.497. The van der Waals surface area contributed by atoms with Crippen molar-refractivity contribution in [2.45, 2.75) is 45.8 Å². The zero-order valence-corrected chi connectivity index (χ0v) is 13.5. The van der Waals surface area contributed by atoms with Gasteiger partial charge in [0.05, 0.1) is 0 Å². The highest BCUT2D eigenvalue weighted by molar-refractivity contribution is 5.54. The molecule has 0 radical (unpaired) electrons. The van der Waals surface area contributed by atoms with Crippen LogP contribution >= 0.6 is 0 Å². The molecule has 0 saturated carbocycles. The van der Waals surface area contributed by atoms with Crippen LogP contribution in [0.25, 0.3) is 0 Å². The average Bonchev–Trinajstić information content (AvgIpc) is 2.86. The second kappa shape index (κ2) is 6.55. The predicted octanol–water partition coefficient (Wildman–Crippen LogP) is 2.03. The third kappa shape index (κ3) is 3.70. The van der Waals surface area contributed by atoms with Crippen molar-refractivity contribution in [2.24, 2.45) is 0 Å². The maximum Gasteiger partial charge on any atom is 0.0446 e. The van der Waals surface area contributed by atoms with Gasteiger partial charge >= 0.3 is 0 Å². The fourth-order valence-corrected chi connectivity index (χ4v) is 2.70. The minimum atomic E-state index is 0.497. The lowest BCUT2D eigenvalue weighted by atomic mass is 10.2. The van der Waals surface area contributed by atoms with E-state index in [1.54, 1.807) is 0 Å². The van der Waals surface area contributed by atoms with Gasteiger partial charge in [-0.15, -0.1) is 0 Å². The summed E-state index contributed by atoms with van der Waals surface area (Å²) >= 11 is 0. The molecule has 0 amide bonds. The summed E-state index contributed by atoms with van der Waals surface area (Å²) in [4.78, 5) is 9.31. The molecular weight excluding hydrogens is 248 g/mol. The zero-order valence-electron chi connectivity index (χ0n) is 13.5. The first-order chi connectivity index (χ1) is 9.47. The lowest BCUT2D eigenvalue weighted by Crippen LogP contribution is -2.32. The Morgan fingerprint density at radius 3 is 2.80 bits per heavy atom. The molecule has 4 nitrogen and oxygen atoms in total. The number of aromatic nitrogens is 1. The first kappa shape index (κ1) is 15.3. The predicted molar refractivity (Wildman–Crippen MR) is 85.3 cm³/mol. The Morgan fingerprint density at radius 2 is 2.20 bits per heavy atom. The van der Waals surface area contributed by atoms with Crippen LogP contribution in [0, 0.1) is 6.92 Å². The number of nitrogens with zero attached hydrogens (tertiary/aromatic N) is 3. The molecule has 1 unspecified atom stereocenters. The van der Waals surface area contributed by atoms with Gasteiger partial charge in [0.1, 0.15) is 0 Å². The summed E-state index contributed by atoms with van der Waals surface area (Å²) in [6, 6.07) is 3.39. The highest BCUT2D eigenvalue weighted by atomic mass is 15.2. The molecular formula is C16H28N4. The van der Waals surface area contributed by atoms with Gasteiger partial charge < -0.3 is 15.1 Å². The molecule has 1 aliphatic rings. The van der Waals surface area contributed by atoms with Crippen molar-refractivity contribution < 1.29 is 0 Å². The molecule has 112 valence electrons. The van der Waals surface area contributed by atoms with Crippen LogP contribution in [-0.2, 0) is 6.54 Å². The standard InChI is InChI=1S/C16H28N4/c1-12(2)17-9-14-10-18-13(3)8-16(14)20-7-6-15(11-20)19(4)5/h8,10,12,15,17H,6-7,9,11H2,1-5H3. The van der Waals surface area contributed by atoms with Crippen LogP contribution < -0.4 is 10.2 Å². The molecule has 20 heavy (non-hydrogen) atoms. The van der Waals surface area contributed by atoms with E-state index in [1.807, 2.05) is 6.20 Å². The zero-order chi connectivity index (χ0) is 14.7. The molecule has 1 aromatic heterocycles. The minimum Gasteiger partial charge on any atom is -0.370 e. The lowest BCUT2D eigenvalue weighted by Gasteiger charge is -2.24. The van der Waals surface area contributed by atoms with Gasteiger partial charge in [-0.05, 0) is 33.5 Å². The van der Waals surface area contributed by atoms with Gasteiger partial charge in [-0.25, -0.2) is 0 Å². The van der Waals surface area contributed by atoms with Crippen molar-refractivity contribution in [2.75, 3.05) is 32.1 Å². The summed E-state index contributed by atoms with van der Waals surface area (Å²) in [6.45, 7) is 9.58. The van der Waals surface area contributed by atoms with Crippen LogP contribution in [-0.4, -0.2) is 49.2 Å². The molecule has 2 heterocycles. The van der Waals surface area contributed by atoms with Gasteiger partial charge in [0, 0.05) is 54.9 Å². The summed E-state index contributed by atoms with van der Waals surface area (Å²) in [5.41, 5.74) is 3.76. The van der Waals surface area contributed by atoms with Crippen LogP contribution in [0.1, 0.15) is 31.5 Å². The van der Waals surface area contributed by atoms with Gasteiger partial charge in [0.2, 0.25) is 0 Å². The first-order valence-electron chi connectivity index (χ1n) is 7.57. The number of nitrogens with one attached hydrogen (secondary N) is 1. The third-order valence-electron chi connectivity index (χ3n) is 4.03. The average molecular weight is 276 g/mol. The lowest BCUT2D eigenvalue weighted by molar-refractivity contribution is 0.315. The molecule has 0 spiro atoms. The van der Waals surface area contributed by atoms with Crippen molar-refractivity contribution in [1.29, 1.82) is 0 Å². The van der Waals surface area contributed by atoms with Crippen molar-refractivity contribution in [1.82, 2.24) is 15.2 Å². The van der Waals surface area contributed by atoms with Crippen LogP contribution in [0.15, 0.2) is 12.3 Å². The Morgan fingerprint density at radius 1 is 1.45 bits per heavy atom. The Balaban J connectivity index is 2.15. The van der Waals surface area contributed by atoms with Crippen molar-refractivity contribution in [3.05, 3.63) is 23.5 Å². The van der Waals surface area contributed by atoms with E-state index in [1.165, 1.54) is 17.7 Å². The number of likely N-dealkylation sites (N-methyl/N-ethyl adjacent to an activating group) is 1. The molecule has 1 fully saturated rings. The molecule has 0 aromatic carbocycles. The van der Waals surface area contributed by atoms with Crippen LogP contribution in [0.2, 0.25) is 0 Å². The largest absolute Gasteiger partial charge is 0.370 e. The molecule has 1 N–H and O–H groups in total. The monoisotopic (exact) mass is 276 g/mol. The summed E-state index contributed by atoms with van der Waals surface area (Å²) in [7, 11) is 4.35. The Hall–Kier alpha value is -1.13. The smallest absolute Gasteiger partial charge is 0.0446 e. The van der Waals surface area contributed by atoms with Crippen molar-refractivity contribution >= 4 is 5.69 Å². The molecule has 1 aliphatic heterocycles. The summed E-state index contributed by atoms with van der Waals surface area (Å²) < 4.78 is 0. The van der Waals surface area contributed by atoms with Crippen molar-refractivity contribution in [3.63, 3.8) is 0 Å². The third-order valence-corrected chi connectivity index (χ3v) is 4.03. The highest BCUT2D eigenvalue weighted by Crippen LogP contribution is 2.26. The molecule has 4 heteroatoms. The van der Waals surface area contributed by atoms with Crippen LogP contribution in [0.5, 0.6) is 0 Å². The first-order valence-corrected chi connectivity index (χ1v) is 7.57. The maximum atomic E-state index is 4.47. The molecule has 1 saturated heterocycles. The van der Waals surface area contributed by atoms with Gasteiger partial charge in [0.15, 0.2) is 0 Å². The van der Waals surface area contributed by atoms with E-state index in [2.05, 4.69) is 61.0 Å². The Labute approximate surface area is 123 Å². The SMILES string of the molecule is Cc1cc(N2CCC(N(C)C)C2)c(CNC(C)C)cn1. The number of pyridine rings is 1. The molecule has 0 aliphatic carbocycles. The summed E-state index contributed by atoms with van der Waals surface area (Å²) in [5, 5.41) is 3.50. The number of anilines is 1. The van der Waals surface area contributed by atoms with E-state index in [-0.39, 0.29) is 0 Å². The van der Waals surface area contributed by atoms with Crippen molar-refractivity contribution in [3.8, 4) is 0 Å². The fourth-order valence-electron chi connectivity index (χ4n) is 2.70. The van der Waals surface area contributed by atoms with Gasteiger partial charge in [-0.3, -0.25) is 4.98 Å². The maximum absolute atomic E-state index is 4.47. The van der Waals surface area contributed by atoms with E-state index in [4.69, 9.17) is 0 Å². The Kier molecular flexibility index (Phi) is 5.00. The second-order valence-corrected chi connectivity index (χ2v) is 6.34. The second-order valence-electron chi connectivity index (χ2n) is 6.34. The molecule has 1 atom stereocenters. The van der Waals surface area contributed by atoms with Crippen LogP contribution in [0.4, 0.5) is 5.69 Å². The Bertz CT molecular complexity index is 442. The van der Waals surface area contributed by atoms with Gasteiger partial charge in [-0.1, -0.05) is 13.8 Å². The van der Waals surface area contributed by atoms with E-state index >= 15 is 0 Å². The van der Waals surface area contributed by atoms with E-state index < -0.39 is 0 Å². The van der Waals surface area contributed by atoms with E-state index in [0.717, 1.165) is 25.3 Å². The summed E-state index contributed by atoms with van der Waals surface area (Å²) in [6.07, 6.45) is 3.27. The summed E-state index contributed by atoms with van der Waals surface area (Å²) in [5.74, 6) is 0. The molecule has 2 rings (SSSR count). The van der Waals surface area contributed by atoms with E-state index in [0.29, 0.717) is 12.1 Å². The number of rotatable bonds is 5. The number of aryl methyl sites for hydroxylation is 1. The quantitative estimate of drug-likeness (QED) is 0.891. The molecule has 0 bridgehead atoms. The van der Waals surface area contributed by atoms with Crippen LogP contribution in [0.3, 0.4) is 0 Å². The number of hydrogen-bond acceptors (Lipinski definition) is 4. The van der Waals surface area contributed by atoms with E-state index in [9.17, 15) is 0 Å². The fraction of sp³-hybridized carbons (Fsp3) is 0.688. The number of hydrogen-bond donors (Lipinski definition) is 1. The normalized spacial score (nSPS) is 19.4.